The Hall–Kier alpha value is -1.69. The minimum atomic E-state index is -1.84. The molecule has 0 unspecified atom stereocenters. The van der Waals surface area contributed by atoms with E-state index in [1.807, 2.05) is 19.9 Å². The summed E-state index contributed by atoms with van der Waals surface area (Å²) in [6.07, 6.45) is 8.71. The number of rotatable bonds is 9. The number of aliphatic hydroxyl groups excluding tert-OH is 2. The molecule has 0 aromatic carbocycles. The van der Waals surface area contributed by atoms with Crippen LogP contribution in [0.1, 0.15) is 54.4 Å². The monoisotopic (exact) mass is 378 g/mol. The molecular weight excluding hydrogens is 344 g/mol. The number of ketones is 1. The Kier molecular flexibility index (Phi) is 8.66. The van der Waals surface area contributed by atoms with Crippen LogP contribution in [0.3, 0.4) is 0 Å². The fourth-order valence-electron chi connectivity index (χ4n) is 2.78. The molecule has 152 valence electrons. The van der Waals surface area contributed by atoms with Crippen molar-refractivity contribution in [1.29, 1.82) is 0 Å². The molecule has 1 heterocycles. The van der Waals surface area contributed by atoms with Crippen molar-refractivity contribution in [3.8, 4) is 0 Å². The van der Waals surface area contributed by atoms with E-state index in [9.17, 15) is 20.1 Å². The standard InChI is InChI=1S/C22H34O5/c1-14(2)11-12-16(4)20(24)15(3)9-7-8-10-18(23)13-19-17(5)21(25)22(6,26)27-19/h7-10,12,14-15,18,20,23-24,26H,11,13H2,1-6H3/b9-7+,10-8-,16-12+/t15-,18-,20-,22-/m1/s1. The van der Waals surface area contributed by atoms with Crippen molar-refractivity contribution in [3.63, 3.8) is 0 Å². The Morgan fingerprint density at radius 1 is 1.19 bits per heavy atom. The molecule has 1 rings (SSSR count). The summed E-state index contributed by atoms with van der Waals surface area (Å²) in [6, 6.07) is 0. The van der Waals surface area contributed by atoms with Gasteiger partial charge in [0.25, 0.3) is 5.79 Å². The zero-order valence-corrected chi connectivity index (χ0v) is 17.3. The van der Waals surface area contributed by atoms with Gasteiger partial charge in [0.2, 0.25) is 5.78 Å². The van der Waals surface area contributed by atoms with E-state index in [0.717, 1.165) is 12.0 Å². The quantitative estimate of drug-likeness (QED) is 0.423. The van der Waals surface area contributed by atoms with Gasteiger partial charge in [0.05, 0.1) is 12.2 Å². The molecule has 0 amide bonds. The number of carbonyl (C=O) groups excluding carboxylic acids is 1. The molecule has 27 heavy (non-hydrogen) atoms. The second-order valence-electron chi connectivity index (χ2n) is 7.89. The third kappa shape index (κ3) is 7.09. The molecule has 0 bridgehead atoms. The number of hydrogen-bond donors (Lipinski definition) is 3. The topological polar surface area (TPSA) is 87.0 Å². The Bertz CT molecular complexity index is 637. The highest BCUT2D eigenvalue weighted by atomic mass is 16.6. The van der Waals surface area contributed by atoms with E-state index in [-0.39, 0.29) is 12.3 Å². The molecule has 1 aliphatic rings. The SMILES string of the molecule is CC1=C(C[C@H](O)/C=C\C=C\[C@@H](C)[C@@H](O)/C(C)=C/CC(C)C)O[C@@](C)(O)C1=O. The first-order chi connectivity index (χ1) is 12.5. The molecule has 4 atom stereocenters. The van der Waals surface area contributed by atoms with Gasteiger partial charge in [0, 0.05) is 24.8 Å². The van der Waals surface area contributed by atoms with Crippen LogP contribution in [-0.4, -0.2) is 39.1 Å². The van der Waals surface area contributed by atoms with Crippen molar-refractivity contribution < 1.29 is 24.9 Å². The van der Waals surface area contributed by atoms with Crippen LogP contribution < -0.4 is 0 Å². The number of aliphatic hydroxyl groups is 3. The highest BCUT2D eigenvalue weighted by Gasteiger charge is 2.42. The second kappa shape index (κ2) is 10.0. The zero-order chi connectivity index (χ0) is 20.8. The van der Waals surface area contributed by atoms with Crippen LogP contribution in [0.5, 0.6) is 0 Å². The smallest absolute Gasteiger partial charge is 0.269 e. The molecule has 0 aromatic rings. The third-order valence-electron chi connectivity index (χ3n) is 4.63. The summed E-state index contributed by atoms with van der Waals surface area (Å²) in [7, 11) is 0. The Balaban J connectivity index is 2.55. The fraction of sp³-hybridized carbons (Fsp3) is 0.591. The summed E-state index contributed by atoms with van der Waals surface area (Å²) in [5.41, 5.74) is 1.30. The van der Waals surface area contributed by atoms with Crippen LogP contribution in [0.15, 0.2) is 47.3 Å². The number of carbonyl (C=O) groups is 1. The summed E-state index contributed by atoms with van der Waals surface area (Å²) < 4.78 is 5.22. The van der Waals surface area contributed by atoms with Crippen molar-refractivity contribution >= 4 is 5.78 Å². The van der Waals surface area contributed by atoms with Crippen LogP contribution >= 0.6 is 0 Å². The molecule has 0 spiro atoms. The lowest BCUT2D eigenvalue weighted by atomic mass is 9.96. The average Bonchev–Trinajstić information content (AvgIpc) is 2.78. The summed E-state index contributed by atoms with van der Waals surface area (Å²) in [4.78, 5) is 11.8. The van der Waals surface area contributed by atoms with Crippen molar-refractivity contribution in [2.24, 2.45) is 11.8 Å². The summed E-state index contributed by atoms with van der Waals surface area (Å²) in [5.74, 6) is -1.50. The van der Waals surface area contributed by atoms with Gasteiger partial charge >= 0.3 is 0 Å². The largest absolute Gasteiger partial charge is 0.459 e. The van der Waals surface area contributed by atoms with Crippen molar-refractivity contribution in [1.82, 2.24) is 0 Å². The van der Waals surface area contributed by atoms with Gasteiger partial charge in [0.1, 0.15) is 5.76 Å². The first kappa shape index (κ1) is 23.3. The maximum Gasteiger partial charge on any atom is 0.269 e. The predicted molar refractivity (Wildman–Crippen MR) is 107 cm³/mol. The van der Waals surface area contributed by atoms with E-state index in [2.05, 4.69) is 19.9 Å². The highest BCUT2D eigenvalue weighted by molar-refractivity contribution is 6.02. The Labute approximate surface area is 162 Å². The van der Waals surface area contributed by atoms with Gasteiger partial charge in [-0.2, -0.15) is 0 Å². The summed E-state index contributed by atoms with van der Waals surface area (Å²) in [6.45, 7) is 11.0. The van der Waals surface area contributed by atoms with E-state index in [1.54, 1.807) is 25.2 Å². The molecule has 1 aliphatic heterocycles. The average molecular weight is 379 g/mol. The lowest BCUT2D eigenvalue weighted by molar-refractivity contribution is -0.171. The molecule has 0 saturated heterocycles. The maximum absolute atomic E-state index is 11.8. The van der Waals surface area contributed by atoms with E-state index in [0.29, 0.717) is 17.3 Å². The fourth-order valence-corrected chi connectivity index (χ4v) is 2.78. The maximum atomic E-state index is 11.8. The molecular formula is C22H34O5. The third-order valence-corrected chi connectivity index (χ3v) is 4.63. The van der Waals surface area contributed by atoms with Gasteiger partial charge in [0.15, 0.2) is 0 Å². The van der Waals surface area contributed by atoms with Gasteiger partial charge < -0.3 is 20.1 Å². The van der Waals surface area contributed by atoms with Crippen LogP contribution in [0.2, 0.25) is 0 Å². The first-order valence-corrected chi connectivity index (χ1v) is 9.49. The van der Waals surface area contributed by atoms with Crippen LogP contribution in [0, 0.1) is 11.8 Å². The molecule has 0 radical (unpaired) electrons. The van der Waals surface area contributed by atoms with Crippen molar-refractivity contribution in [2.75, 3.05) is 0 Å². The van der Waals surface area contributed by atoms with E-state index < -0.39 is 23.8 Å². The lowest BCUT2D eigenvalue weighted by Gasteiger charge is -2.17. The first-order valence-electron chi connectivity index (χ1n) is 9.49. The van der Waals surface area contributed by atoms with Crippen molar-refractivity contribution in [2.45, 2.75) is 72.4 Å². The molecule has 5 nitrogen and oxygen atoms in total. The highest BCUT2D eigenvalue weighted by Crippen LogP contribution is 2.30. The molecule has 0 saturated carbocycles. The minimum absolute atomic E-state index is 0.0500. The normalized spacial score (nSPS) is 25.0. The molecule has 0 aliphatic carbocycles. The second-order valence-corrected chi connectivity index (χ2v) is 7.89. The Morgan fingerprint density at radius 2 is 1.78 bits per heavy atom. The van der Waals surface area contributed by atoms with Gasteiger partial charge in [-0.1, -0.05) is 51.2 Å². The van der Waals surface area contributed by atoms with Crippen LogP contribution in [0.4, 0.5) is 0 Å². The van der Waals surface area contributed by atoms with Crippen LogP contribution in [0.25, 0.3) is 0 Å². The number of allylic oxidation sites excluding steroid dienone is 3. The number of hydrogen-bond acceptors (Lipinski definition) is 5. The summed E-state index contributed by atoms with van der Waals surface area (Å²) >= 11 is 0. The minimum Gasteiger partial charge on any atom is -0.459 e. The molecule has 5 heteroatoms. The molecule has 0 aromatic heterocycles. The van der Waals surface area contributed by atoms with Crippen molar-refractivity contribution in [3.05, 3.63) is 47.3 Å². The van der Waals surface area contributed by atoms with Gasteiger partial charge in [-0.05, 0) is 31.8 Å². The van der Waals surface area contributed by atoms with E-state index in [1.165, 1.54) is 6.92 Å². The summed E-state index contributed by atoms with van der Waals surface area (Å²) in [5, 5.41) is 30.2. The van der Waals surface area contributed by atoms with Crippen LogP contribution in [-0.2, 0) is 9.53 Å². The molecule has 3 N–H and O–H groups in total. The molecule has 0 fully saturated rings. The van der Waals surface area contributed by atoms with Gasteiger partial charge in [-0.15, -0.1) is 0 Å². The Morgan fingerprint density at radius 3 is 2.30 bits per heavy atom. The van der Waals surface area contributed by atoms with Gasteiger partial charge in [-0.25, -0.2) is 0 Å². The predicted octanol–water partition coefficient (Wildman–Crippen LogP) is 3.42. The number of ether oxygens (including phenoxy) is 1. The van der Waals surface area contributed by atoms with Gasteiger partial charge in [-0.3, -0.25) is 4.79 Å². The number of Topliss-reactive ketones (excluding diaryl/α,β-unsaturated/α-hetero) is 1. The lowest BCUT2D eigenvalue weighted by Crippen LogP contribution is -2.32. The van der Waals surface area contributed by atoms with E-state index in [4.69, 9.17) is 4.74 Å². The zero-order valence-electron chi connectivity index (χ0n) is 17.3. The van der Waals surface area contributed by atoms with E-state index >= 15 is 0 Å².